The highest BCUT2D eigenvalue weighted by Gasteiger charge is 2.32. The third kappa shape index (κ3) is 2.73. The van der Waals surface area contributed by atoms with Crippen LogP contribution >= 0.6 is 0 Å². The van der Waals surface area contributed by atoms with E-state index in [1.807, 2.05) is 6.07 Å². The fourth-order valence-corrected chi connectivity index (χ4v) is 3.25. The molecule has 9 nitrogen and oxygen atoms in total. The highest BCUT2D eigenvalue weighted by molar-refractivity contribution is 5.81. The second-order valence-corrected chi connectivity index (χ2v) is 6.00. The molecule has 9 heteroatoms. The van der Waals surface area contributed by atoms with Crippen molar-refractivity contribution in [2.24, 2.45) is 0 Å². The van der Waals surface area contributed by atoms with Gasteiger partial charge >= 0.3 is 5.69 Å². The number of nitrogens with zero attached hydrogens (tertiary/aromatic N) is 4. The number of rotatable bonds is 3. The Morgan fingerprint density at radius 2 is 2.12 bits per heavy atom. The minimum atomic E-state index is -0.401. The number of nitrogens with one attached hydrogen (secondary N) is 2. The second-order valence-electron chi connectivity index (χ2n) is 6.00. The summed E-state index contributed by atoms with van der Waals surface area (Å²) in [6.07, 6.45) is 3.11. The lowest BCUT2D eigenvalue weighted by molar-refractivity contribution is -0.133. The number of likely N-dealkylation sites (tertiary alicyclic amines) is 1. The van der Waals surface area contributed by atoms with Crippen molar-refractivity contribution in [3.8, 4) is 0 Å². The first-order chi connectivity index (χ1) is 12.1. The number of hydrogen-bond donors (Lipinski definition) is 2. The Bertz CT molecular complexity index is 1050. The number of carbonyl (C=O) groups is 1. The summed E-state index contributed by atoms with van der Waals surface area (Å²) in [5.74, 6) is 0.214. The topological polar surface area (TPSA) is 117 Å². The van der Waals surface area contributed by atoms with Crippen LogP contribution in [0.2, 0.25) is 0 Å². The van der Waals surface area contributed by atoms with Gasteiger partial charge in [-0.05, 0) is 18.9 Å². The van der Waals surface area contributed by atoms with Crippen molar-refractivity contribution in [1.29, 1.82) is 0 Å². The van der Waals surface area contributed by atoms with E-state index >= 15 is 0 Å². The van der Waals surface area contributed by atoms with Gasteiger partial charge in [0.15, 0.2) is 5.82 Å². The van der Waals surface area contributed by atoms with Gasteiger partial charge in [-0.3, -0.25) is 14.6 Å². The SMILES string of the molecule is O=C(Cn1ncc2ccccc2c1=O)N1CCC[C@@H]1c1n[nH]c(=O)[nH]1. The molecule has 1 aromatic carbocycles. The zero-order valence-corrected chi connectivity index (χ0v) is 13.3. The average molecular weight is 340 g/mol. The lowest BCUT2D eigenvalue weighted by atomic mass is 10.2. The Balaban J connectivity index is 1.60. The molecule has 25 heavy (non-hydrogen) atoms. The van der Waals surface area contributed by atoms with Gasteiger partial charge in [0.1, 0.15) is 6.54 Å². The van der Waals surface area contributed by atoms with E-state index in [0.717, 1.165) is 11.8 Å². The number of benzene rings is 1. The lowest BCUT2D eigenvalue weighted by Gasteiger charge is -2.22. The maximum absolute atomic E-state index is 12.7. The normalized spacial score (nSPS) is 17.3. The van der Waals surface area contributed by atoms with E-state index in [1.165, 1.54) is 4.68 Å². The molecule has 1 atom stereocenters. The molecule has 0 bridgehead atoms. The van der Waals surface area contributed by atoms with Gasteiger partial charge in [0.25, 0.3) is 5.56 Å². The minimum Gasteiger partial charge on any atom is -0.331 e. The number of fused-ring (bicyclic) bond motifs is 1. The number of aromatic amines is 2. The number of H-pyrrole nitrogens is 2. The molecule has 2 N–H and O–H groups in total. The monoisotopic (exact) mass is 340 g/mol. The van der Waals surface area contributed by atoms with Crippen molar-refractivity contribution in [2.45, 2.75) is 25.4 Å². The van der Waals surface area contributed by atoms with Crippen molar-refractivity contribution >= 4 is 16.7 Å². The average Bonchev–Trinajstić information content (AvgIpc) is 3.26. The first kappa shape index (κ1) is 15.3. The molecule has 1 fully saturated rings. The standard InChI is InChI=1S/C16H16N6O3/c23-13(21-7-3-6-12(21)14-18-16(25)20-19-14)9-22-15(24)11-5-2-1-4-10(11)8-17-22/h1-2,4-5,8,12H,3,6-7,9H2,(H2,18,19,20,25)/t12-/m1/s1. The highest BCUT2D eigenvalue weighted by atomic mass is 16.2. The summed E-state index contributed by atoms with van der Waals surface area (Å²) < 4.78 is 1.17. The molecule has 128 valence electrons. The first-order valence-electron chi connectivity index (χ1n) is 8.02. The molecule has 1 amide bonds. The molecular weight excluding hydrogens is 324 g/mol. The van der Waals surface area contributed by atoms with Gasteiger partial charge in [0, 0.05) is 11.9 Å². The number of aromatic nitrogens is 5. The molecule has 1 saturated heterocycles. The van der Waals surface area contributed by atoms with Crippen molar-refractivity contribution in [3.63, 3.8) is 0 Å². The van der Waals surface area contributed by atoms with E-state index in [2.05, 4.69) is 20.3 Å². The van der Waals surface area contributed by atoms with Crippen LogP contribution in [0.15, 0.2) is 40.1 Å². The van der Waals surface area contributed by atoms with Gasteiger partial charge in [-0.15, -0.1) is 0 Å². The Labute approximate surface area is 141 Å². The Morgan fingerprint density at radius 3 is 2.92 bits per heavy atom. The smallest absolute Gasteiger partial charge is 0.331 e. The van der Waals surface area contributed by atoms with Crippen LogP contribution in [0.25, 0.3) is 10.8 Å². The van der Waals surface area contributed by atoms with E-state index in [0.29, 0.717) is 24.2 Å². The molecule has 4 rings (SSSR count). The van der Waals surface area contributed by atoms with Crippen molar-refractivity contribution in [2.75, 3.05) is 6.54 Å². The molecule has 0 saturated carbocycles. The van der Waals surface area contributed by atoms with Crippen LogP contribution < -0.4 is 11.2 Å². The molecule has 0 radical (unpaired) electrons. The molecule has 3 aromatic rings. The van der Waals surface area contributed by atoms with Gasteiger partial charge in [-0.25, -0.2) is 14.6 Å². The molecule has 0 spiro atoms. The molecular formula is C16H16N6O3. The van der Waals surface area contributed by atoms with Gasteiger partial charge in [0.2, 0.25) is 5.91 Å². The maximum Gasteiger partial charge on any atom is 0.340 e. The van der Waals surface area contributed by atoms with Crippen LogP contribution in [-0.4, -0.2) is 42.3 Å². The number of carbonyl (C=O) groups excluding carboxylic acids is 1. The fraction of sp³-hybridized carbons (Fsp3) is 0.312. The van der Waals surface area contributed by atoms with Gasteiger partial charge in [0.05, 0.1) is 17.6 Å². The van der Waals surface area contributed by atoms with Crippen LogP contribution in [0.1, 0.15) is 24.7 Å². The summed E-state index contributed by atoms with van der Waals surface area (Å²) in [7, 11) is 0. The van der Waals surface area contributed by atoms with E-state index in [-0.39, 0.29) is 24.1 Å². The third-order valence-corrected chi connectivity index (χ3v) is 4.46. The summed E-state index contributed by atoms with van der Waals surface area (Å²) in [4.78, 5) is 40.7. The van der Waals surface area contributed by atoms with Crippen LogP contribution in [0.3, 0.4) is 0 Å². The molecule has 3 heterocycles. The number of amides is 1. The van der Waals surface area contributed by atoms with Crippen molar-refractivity contribution in [3.05, 3.63) is 57.1 Å². The first-order valence-corrected chi connectivity index (χ1v) is 8.02. The highest BCUT2D eigenvalue weighted by Crippen LogP contribution is 2.29. The van der Waals surface area contributed by atoms with Crippen molar-refractivity contribution in [1.82, 2.24) is 29.9 Å². The molecule has 1 aliphatic rings. The number of hydrogen-bond acceptors (Lipinski definition) is 5. The third-order valence-electron chi connectivity index (χ3n) is 4.46. The van der Waals surface area contributed by atoms with Gasteiger partial charge in [-0.1, -0.05) is 18.2 Å². The summed E-state index contributed by atoms with van der Waals surface area (Å²) in [6, 6.07) is 6.84. The van der Waals surface area contributed by atoms with Crippen LogP contribution in [0, 0.1) is 0 Å². The maximum atomic E-state index is 12.7. The van der Waals surface area contributed by atoms with Gasteiger partial charge in [-0.2, -0.15) is 10.2 Å². The zero-order valence-electron chi connectivity index (χ0n) is 13.3. The van der Waals surface area contributed by atoms with Gasteiger partial charge < -0.3 is 4.90 Å². The molecule has 2 aromatic heterocycles. The summed E-state index contributed by atoms with van der Waals surface area (Å²) in [6.45, 7) is 0.412. The van der Waals surface area contributed by atoms with E-state index < -0.39 is 5.69 Å². The molecule has 1 aliphatic heterocycles. The molecule has 0 unspecified atom stereocenters. The van der Waals surface area contributed by atoms with E-state index in [1.54, 1.807) is 29.3 Å². The Hall–Kier alpha value is -3.23. The Kier molecular flexibility index (Phi) is 3.68. The van der Waals surface area contributed by atoms with Crippen LogP contribution in [-0.2, 0) is 11.3 Å². The predicted octanol–water partition coefficient (Wildman–Crippen LogP) is 0.172. The van der Waals surface area contributed by atoms with Crippen LogP contribution in [0.5, 0.6) is 0 Å². The van der Waals surface area contributed by atoms with E-state index in [4.69, 9.17) is 0 Å². The Morgan fingerprint density at radius 1 is 1.28 bits per heavy atom. The zero-order chi connectivity index (χ0) is 17.4. The lowest BCUT2D eigenvalue weighted by Crippen LogP contribution is -2.37. The summed E-state index contributed by atoms with van der Waals surface area (Å²) in [5.41, 5.74) is -0.697. The van der Waals surface area contributed by atoms with E-state index in [9.17, 15) is 14.4 Å². The quantitative estimate of drug-likeness (QED) is 0.705. The minimum absolute atomic E-state index is 0.144. The summed E-state index contributed by atoms with van der Waals surface area (Å²) in [5, 5.41) is 11.6. The van der Waals surface area contributed by atoms with Crippen molar-refractivity contribution < 1.29 is 4.79 Å². The molecule has 0 aliphatic carbocycles. The summed E-state index contributed by atoms with van der Waals surface area (Å²) >= 11 is 0. The fourth-order valence-electron chi connectivity index (χ4n) is 3.25. The predicted molar refractivity (Wildman–Crippen MR) is 88.9 cm³/mol. The second kappa shape index (κ2) is 6.00. The van der Waals surface area contributed by atoms with Crippen LogP contribution in [0.4, 0.5) is 0 Å². The largest absolute Gasteiger partial charge is 0.340 e.